The van der Waals surface area contributed by atoms with Crippen molar-refractivity contribution in [2.24, 2.45) is 22.7 Å². The average Bonchev–Trinajstić information content (AvgIpc) is 2.46. The SMILES string of the molecule is CC(C)(C)CC1CCC(C(=O)C(C)(C)C)C1. The largest absolute Gasteiger partial charge is 0.299 e. The smallest absolute Gasteiger partial charge is 0.141 e. The van der Waals surface area contributed by atoms with Crippen LogP contribution in [0.1, 0.15) is 67.2 Å². The Kier molecular flexibility index (Phi) is 3.87. The van der Waals surface area contributed by atoms with Gasteiger partial charge in [-0.1, -0.05) is 41.5 Å². The van der Waals surface area contributed by atoms with Crippen LogP contribution in [0.2, 0.25) is 0 Å². The van der Waals surface area contributed by atoms with Crippen LogP contribution >= 0.6 is 0 Å². The van der Waals surface area contributed by atoms with Crippen molar-refractivity contribution in [1.29, 1.82) is 0 Å². The number of rotatable bonds is 2. The Labute approximate surface area is 101 Å². The lowest BCUT2D eigenvalue weighted by Gasteiger charge is -2.24. The van der Waals surface area contributed by atoms with Crippen LogP contribution in [0.25, 0.3) is 0 Å². The third kappa shape index (κ3) is 3.92. The van der Waals surface area contributed by atoms with Crippen molar-refractivity contribution in [3.05, 3.63) is 0 Å². The summed E-state index contributed by atoms with van der Waals surface area (Å²) in [6, 6.07) is 0. The predicted octanol–water partition coefficient (Wildman–Crippen LogP) is 4.45. The zero-order valence-corrected chi connectivity index (χ0v) is 11.9. The normalized spacial score (nSPS) is 27.1. The molecule has 1 aliphatic rings. The molecule has 2 unspecified atom stereocenters. The zero-order valence-electron chi connectivity index (χ0n) is 11.9. The molecule has 1 nitrogen and oxygen atoms in total. The third-order valence-corrected chi connectivity index (χ3v) is 3.55. The lowest BCUT2D eigenvalue weighted by molar-refractivity contribution is -0.130. The standard InChI is InChI=1S/C15H28O/c1-14(2,3)10-11-7-8-12(9-11)13(16)15(4,5)6/h11-12H,7-10H2,1-6H3. The summed E-state index contributed by atoms with van der Waals surface area (Å²) in [4.78, 5) is 12.2. The minimum atomic E-state index is -0.151. The zero-order chi connectivity index (χ0) is 12.6. The summed E-state index contributed by atoms with van der Waals surface area (Å²) in [5.74, 6) is 1.59. The van der Waals surface area contributed by atoms with Crippen molar-refractivity contribution in [1.82, 2.24) is 0 Å². The van der Waals surface area contributed by atoms with Gasteiger partial charge in [0, 0.05) is 11.3 Å². The fourth-order valence-corrected chi connectivity index (χ4v) is 2.98. The van der Waals surface area contributed by atoms with E-state index in [0.29, 0.717) is 17.1 Å². The summed E-state index contributed by atoms with van der Waals surface area (Å²) in [6.45, 7) is 13.0. The van der Waals surface area contributed by atoms with E-state index >= 15 is 0 Å². The minimum Gasteiger partial charge on any atom is -0.299 e. The second kappa shape index (κ2) is 4.50. The molecule has 0 aromatic heterocycles. The van der Waals surface area contributed by atoms with Gasteiger partial charge in [-0.15, -0.1) is 0 Å². The molecule has 1 aliphatic carbocycles. The van der Waals surface area contributed by atoms with Crippen LogP contribution in [0.3, 0.4) is 0 Å². The maximum Gasteiger partial charge on any atom is 0.141 e. The lowest BCUT2D eigenvalue weighted by Crippen LogP contribution is -2.27. The monoisotopic (exact) mass is 224 g/mol. The Hall–Kier alpha value is -0.330. The second-order valence-corrected chi connectivity index (χ2v) is 7.76. The first-order valence-corrected chi connectivity index (χ1v) is 6.64. The number of hydrogen-bond donors (Lipinski definition) is 0. The summed E-state index contributed by atoms with van der Waals surface area (Å²) in [5.41, 5.74) is 0.256. The van der Waals surface area contributed by atoms with Gasteiger partial charge >= 0.3 is 0 Å². The summed E-state index contributed by atoms with van der Waals surface area (Å²) in [7, 11) is 0. The fraction of sp³-hybridized carbons (Fsp3) is 0.933. The number of Topliss-reactive ketones (excluding diaryl/α,β-unsaturated/α-hetero) is 1. The van der Waals surface area contributed by atoms with E-state index in [0.717, 1.165) is 18.8 Å². The fourth-order valence-electron chi connectivity index (χ4n) is 2.98. The predicted molar refractivity (Wildman–Crippen MR) is 69.4 cm³/mol. The summed E-state index contributed by atoms with van der Waals surface area (Å²) < 4.78 is 0. The molecule has 94 valence electrons. The van der Waals surface area contributed by atoms with Gasteiger partial charge < -0.3 is 0 Å². The van der Waals surface area contributed by atoms with Crippen molar-refractivity contribution in [3.8, 4) is 0 Å². The Balaban J connectivity index is 2.50. The van der Waals surface area contributed by atoms with Crippen LogP contribution in [0.15, 0.2) is 0 Å². The molecule has 0 heterocycles. The van der Waals surface area contributed by atoms with Gasteiger partial charge in [0.05, 0.1) is 0 Å². The van der Waals surface area contributed by atoms with E-state index in [1.165, 1.54) is 12.8 Å². The summed E-state index contributed by atoms with van der Waals surface area (Å²) in [6.07, 6.45) is 4.77. The van der Waals surface area contributed by atoms with Gasteiger partial charge in [-0.25, -0.2) is 0 Å². The highest BCUT2D eigenvalue weighted by atomic mass is 16.1. The van der Waals surface area contributed by atoms with Gasteiger partial charge in [-0.05, 0) is 37.0 Å². The van der Waals surface area contributed by atoms with E-state index in [2.05, 4.69) is 20.8 Å². The van der Waals surface area contributed by atoms with Crippen LogP contribution in [0.4, 0.5) is 0 Å². The number of ketones is 1. The molecule has 1 fully saturated rings. The topological polar surface area (TPSA) is 17.1 Å². The van der Waals surface area contributed by atoms with Crippen LogP contribution in [0.5, 0.6) is 0 Å². The van der Waals surface area contributed by atoms with Gasteiger partial charge in [0.2, 0.25) is 0 Å². The van der Waals surface area contributed by atoms with E-state index in [4.69, 9.17) is 0 Å². The van der Waals surface area contributed by atoms with E-state index in [1.54, 1.807) is 0 Å². The van der Waals surface area contributed by atoms with Crippen LogP contribution < -0.4 is 0 Å². The molecule has 2 atom stereocenters. The van der Waals surface area contributed by atoms with Crippen LogP contribution in [-0.4, -0.2) is 5.78 Å². The summed E-state index contributed by atoms with van der Waals surface area (Å²) >= 11 is 0. The molecule has 0 saturated heterocycles. The molecule has 1 heteroatoms. The first-order valence-electron chi connectivity index (χ1n) is 6.64. The highest BCUT2D eigenvalue weighted by Gasteiger charge is 2.36. The molecule has 16 heavy (non-hydrogen) atoms. The van der Waals surface area contributed by atoms with Gasteiger partial charge in [0.1, 0.15) is 5.78 Å². The highest BCUT2D eigenvalue weighted by Crippen LogP contribution is 2.41. The number of hydrogen-bond acceptors (Lipinski definition) is 1. The summed E-state index contributed by atoms with van der Waals surface area (Å²) in [5, 5.41) is 0. The first kappa shape index (κ1) is 13.7. The maximum atomic E-state index is 12.2. The Morgan fingerprint density at radius 2 is 1.62 bits per heavy atom. The molecule has 1 rings (SSSR count). The molecule has 0 aliphatic heterocycles. The maximum absolute atomic E-state index is 12.2. The minimum absolute atomic E-state index is 0.151. The lowest BCUT2D eigenvalue weighted by atomic mass is 9.80. The molecule has 0 bridgehead atoms. The second-order valence-electron chi connectivity index (χ2n) is 7.76. The van der Waals surface area contributed by atoms with E-state index in [9.17, 15) is 4.79 Å². The van der Waals surface area contributed by atoms with Crippen molar-refractivity contribution in [2.75, 3.05) is 0 Å². The van der Waals surface area contributed by atoms with Crippen molar-refractivity contribution < 1.29 is 4.79 Å². The van der Waals surface area contributed by atoms with Crippen molar-refractivity contribution in [3.63, 3.8) is 0 Å². The van der Waals surface area contributed by atoms with Gasteiger partial charge in [-0.3, -0.25) is 4.79 Å². The molecule has 0 aromatic rings. The third-order valence-electron chi connectivity index (χ3n) is 3.55. The van der Waals surface area contributed by atoms with Crippen LogP contribution in [-0.2, 0) is 4.79 Å². The molecular weight excluding hydrogens is 196 g/mol. The Bertz CT molecular complexity index is 252. The Morgan fingerprint density at radius 1 is 1.06 bits per heavy atom. The Morgan fingerprint density at radius 3 is 2.06 bits per heavy atom. The van der Waals surface area contributed by atoms with E-state index < -0.39 is 0 Å². The van der Waals surface area contributed by atoms with Gasteiger partial charge in [0.25, 0.3) is 0 Å². The van der Waals surface area contributed by atoms with Crippen molar-refractivity contribution >= 4 is 5.78 Å². The van der Waals surface area contributed by atoms with Gasteiger partial charge in [0.15, 0.2) is 0 Å². The van der Waals surface area contributed by atoms with E-state index in [-0.39, 0.29) is 5.41 Å². The van der Waals surface area contributed by atoms with E-state index in [1.807, 2.05) is 20.8 Å². The highest BCUT2D eigenvalue weighted by molar-refractivity contribution is 5.86. The molecule has 0 aromatic carbocycles. The molecule has 0 N–H and O–H groups in total. The molecule has 0 spiro atoms. The molecule has 0 amide bonds. The van der Waals surface area contributed by atoms with Gasteiger partial charge in [-0.2, -0.15) is 0 Å². The number of carbonyl (C=O) groups excluding carboxylic acids is 1. The molecule has 0 radical (unpaired) electrons. The quantitative estimate of drug-likeness (QED) is 0.677. The van der Waals surface area contributed by atoms with Crippen molar-refractivity contribution in [2.45, 2.75) is 67.2 Å². The first-order chi connectivity index (χ1) is 7.09. The average molecular weight is 224 g/mol. The molecular formula is C15H28O. The van der Waals surface area contributed by atoms with Crippen LogP contribution in [0, 0.1) is 22.7 Å². The number of carbonyl (C=O) groups is 1. The molecule has 1 saturated carbocycles.